The van der Waals surface area contributed by atoms with Gasteiger partial charge in [-0.1, -0.05) is 18.2 Å². The van der Waals surface area contributed by atoms with Gasteiger partial charge in [0.1, 0.15) is 0 Å². The average Bonchev–Trinajstić information content (AvgIpc) is 2.85. The van der Waals surface area contributed by atoms with Crippen molar-refractivity contribution < 1.29 is 4.79 Å². The highest BCUT2D eigenvalue weighted by Crippen LogP contribution is 2.22. The molecule has 1 aromatic heterocycles. The second-order valence-corrected chi connectivity index (χ2v) is 6.30. The van der Waals surface area contributed by atoms with Crippen LogP contribution in [-0.2, 0) is 17.8 Å². The van der Waals surface area contributed by atoms with Crippen LogP contribution in [0.3, 0.4) is 0 Å². The van der Waals surface area contributed by atoms with Crippen molar-refractivity contribution in [3.8, 4) is 0 Å². The van der Waals surface area contributed by atoms with Gasteiger partial charge in [0.05, 0.1) is 6.42 Å². The molecule has 1 saturated heterocycles. The average molecular weight is 299 g/mol. The third-order valence-electron chi connectivity index (χ3n) is 4.55. The quantitative estimate of drug-likeness (QED) is 0.941. The van der Waals surface area contributed by atoms with Crippen LogP contribution in [0.2, 0.25) is 0 Å². The fourth-order valence-corrected chi connectivity index (χ4v) is 3.46. The number of carbonyl (C=O) groups is 1. The lowest BCUT2D eigenvalue weighted by atomic mass is 10.1. The van der Waals surface area contributed by atoms with Crippen molar-refractivity contribution in [2.75, 3.05) is 20.1 Å². The van der Waals surface area contributed by atoms with E-state index in [4.69, 9.17) is 0 Å². The zero-order chi connectivity index (χ0) is 15.5. The van der Waals surface area contributed by atoms with Gasteiger partial charge in [-0.25, -0.2) is 0 Å². The lowest BCUT2D eigenvalue weighted by Crippen LogP contribution is -2.46. The Morgan fingerprint density at radius 1 is 1.36 bits per heavy atom. The van der Waals surface area contributed by atoms with E-state index >= 15 is 0 Å². The molecule has 2 aromatic rings. The second kappa shape index (κ2) is 6.53. The molecule has 1 aliphatic heterocycles. The second-order valence-electron chi connectivity index (χ2n) is 6.30. The number of aromatic nitrogens is 1. The zero-order valence-corrected chi connectivity index (χ0v) is 13.5. The fraction of sp³-hybridized carbons (Fsp3) is 0.500. The van der Waals surface area contributed by atoms with Gasteiger partial charge in [0.25, 0.3) is 0 Å². The molecule has 1 N–H and O–H groups in total. The van der Waals surface area contributed by atoms with Crippen LogP contribution in [0, 0.1) is 0 Å². The van der Waals surface area contributed by atoms with Crippen LogP contribution >= 0.6 is 0 Å². The Kier molecular flexibility index (Phi) is 4.48. The topological polar surface area (TPSA) is 37.3 Å². The molecule has 0 radical (unpaired) electrons. The largest absolute Gasteiger partial charge is 0.352 e. The van der Waals surface area contributed by atoms with E-state index in [1.54, 1.807) is 0 Å². The minimum absolute atomic E-state index is 0.138. The van der Waals surface area contributed by atoms with Crippen molar-refractivity contribution in [2.45, 2.75) is 38.8 Å². The molecular weight excluding hydrogens is 274 g/mol. The Labute approximate surface area is 132 Å². The van der Waals surface area contributed by atoms with Gasteiger partial charge in [-0.2, -0.15) is 0 Å². The summed E-state index contributed by atoms with van der Waals surface area (Å²) in [6.07, 6.45) is 4.84. The highest BCUT2D eigenvalue weighted by Gasteiger charge is 2.19. The SMILES string of the molecule is CCn1cc(CC(=O)NC2CCCN(C)C2)c2ccccc21. The number of amides is 1. The van der Waals surface area contributed by atoms with Crippen molar-refractivity contribution >= 4 is 16.8 Å². The van der Waals surface area contributed by atoms with Crippen LogP contribution in [0.25, 0.3) is 10.9 Å². The predicted molar refractivity (Wildman–Crippen MR) is 90.0 cm³/mol. The lowest BCUT2D eigenvalue weighted by molar-refractivity contribution is -0.121. The van der Waals surface area contributed by atoms with Gasteiger partial charge in [0.15, 0.2) is 0 Å². The van der Waals surface area contributed by atoms with Crippen molar-refractivity contribution in [1.29, 1.82) is 0 Å². The van der Waals surface area contributed by atoms with Crippen LogP contribution in [0.5, 0.6) is 0 Å². The maximum absolute atomic E-state index is 12.4. The van der Waals surface area contributed by atoms with Gasteiger partial charge < -0.3 is 14.8 Å². The molecule has 0 aliphatic carbocycles. The summed E-state index contributed by atoms with van der Waals surface area (Å²) in [4.78, 5) is 14.7. The molecule has 1 amide bonds. The van der Waals surface area contributed by atoms with Gasteiger partial charge in [0, 0.05) is 36.2 Å². The van der Waals surface area contributed by atoms with E-state index in [-0.39, 0.29) is 5.91 Å². The van der Waals surface area contributed by atoms with E-state index in [0.29, 0.717) is 12.5 Å². The summed E-state index contributed by atoms with van der Waals surface area (Å²) >= 11 is 0. The van der Waals surface area contributed by atoms with E-state index in [9.17, 15) is 4.79 Å². The first kappa shape index (κ1) is 15.1. The Balaban J connectivity index is 1.71. The Bertz CT molecular complexity index is 661. The number of hydrogen-bond acceptors (Lipinski definition) is 2. The third-order valence-corrected chi connectivity index (χ3v) is 4.55. The summed E-state index contributed by atoms with van der Waals surface area (Å²) in [5, 5.41) is 4.39. The highest BCUT2D eigenvalue weighted by atomic mass is 16.1. The monoisotopic (exact) mass is 299 g/mol. The van der Waals surface area contributed by atoms with E-state index in [2.05, 4.69) is 53.2 Å². The Morgan fingerprint density at radius 2 is 2.18 bits per heavy atom. The summed E-state index contributed by atoms with van der Waals surface area (Å²) < 4.78 is 2.21. The molecule has 0 spiro atoms. The number of likely N-dealkylation sites (tertiary alicyclic amines) is 1. The van der Waals surface area contributed by atoms with Crippen LogP contribution < -0.4 is 5.32 Å². The number of nitrogens with zero attached hydrogens (tertiary/aromatic N) is 2. The number of aryl methyl sites for hydroxylation is 1. The van der Waals surface area contributed by atoms with Gasteiger partial charge >= 0.3 is 0 Å². The van der Waals surface area contributed by atoms with Crippen LogP contribution in [0.1, 0.15) is 25.3 Å². The molecule has 1 aliphatic rings. The summed E-state index contributed by atoms with van der Waals surface area (Å²) in [6.45, 7) is 5.16. The fourth-order valence-electron chi connectivity index (χ4n) is 3.46. The maximum Gasteiger partial charge on any atom is 0.224 e. The van der Waals surface area contributed by atoms with Crippen LogP contribution in [0.4, 0.5) is 0 Å². The molecule has 1 atom stereocenters. The van der Waals surface area contributed by atoms with Gasteiger partial charge in [-0.3, -0.25) is 4.79 Å². The highest BCUT2D eigenvalue weighted by molar-refractivity contribution is 5.89. The minimum atomic E-state index is 0.138. The van der Waals surface area contributed by atoms with E-state index in [1.165, 1.54) is 10.9 Å². The smallest absolute Gasteiger partial charge is 0.224 e. The van der Waals surface area contributed by atoms with Crippen molar-refractivity contribution in [3.63, 3.8) is 0 Å². The number of likely N-dealkylation sites (N-methyl/N-ethyl adjacent to an activating group) is 1. The first-order valence-electron chi connectivity index (χ1n) is 8.22. The molecular formula is C18H25N3O. The van der Waals surface area contributed by atoms with Crippen molar-refractivity contribution in [1.82, 2.24) is 14.8 Å². The summed E-state index contributed by atoms with van der Waals surface area (Å²) in [7, 11) is 2.12. The van der Waals surface area contributed by atoms with Gasteiger partial charge in [-0.15, -0.1) is 0 Å². The summed E-state index contributed by atoms with van der Waals surface area (Å²) in [5.74, 6) is 0.138. The standard InChI is InChI=1S/C18H25N3O/c1-3-21-12-14(16-8-4-5-9-17(16)21)11-18(22)19-15-7-6-10-20(2)13-15/h4-5,8-9,12,15H,3,6-7,10-11,13H2,1-2H3,(H,19,22). The van der Waals surface area contributed by atoms with Crippen molar-refractivity contribution in [2.24, 2.45) is 0 Å². The Morgan fingerprint density at radius 3 is 2.95 bits per heavy atom. The molecule has 1 unspecified atom stereocenters. The number of nitrogens with one attached hydrogen (secondary N) is 1. The molecule has 3 rings (SSSR count). The van der Waals surface area contributed by atoms with Crippen LogP contribution in [0.15, 0.2) is 30.5 Å². The molecule has 2 heterocycles. The number of para-hydroxylation sites is 1. The number of carbonyl (C=O) groups excluding carboxylic acids is 1. The van der Waals surface area contributed by atoms with Gasteiger partial charge in [-0.05, 0) is 45.0 Å². The third kappa shape index (κ3) is 3.17. The number of hydrogen-bond donors (Lipinski definition) is 1. The minimum Gasteiger partial charge on any atom is -0.352 e. The molecule has 1 fully saturated rings. The number of rotatable bonds is 4. The van der Waals surface area contributed by atoms with E-state index < -0.39 is 0 Å². The number of fused-ring (bicyclic) bond motifs is 1. The van der Waals surface area contributed by atoms with E-state index in [1.807, 2.05) is 6.07 Å². The predicted octanol–water partition coefficient (Wildman–Crippen LogP) is 2.41. The molecule has 118 valence electrons. The van der Waals surface area contributed by atoms with Gasteiger partial charge in [0.2, 0.25) is 5.91 Å². The van der Waals surface area contributed by atoms with Crippen LogP contribution in [-0.4, -0.2) is 41.6 Å². The number of piperidine rings is 1. The normalized spacial score (nSPS) is 19.5. The molecule has 4 nitrogen and oxygen atoms in total. The number of benzene rings is 1. The Hall–Kier alpha value is -1.81. The first-order chi connectivity index (χ1) is 10.7. The summed E-state index contributed by atoms with van der Waals surface area (Å²) in [6, 6.07) is 8.62. The molecule has 22 heavy (non-hydrogen) atoms. The van der Waals surface area contributed by atoms with Crippen molar-refractivity contribution in [3.05, 3.63) is 36.0 Å². The molecule has 0 saturated carbocycles. The molecule has 1 aromatic carbocycles. The zero-order valence-electron chi connectivity index (χ0n) is 13.5. The first-order valence-corrected chi connectivity index (χ1v) is 8.22. The lowest BCUT2D eigenvalue weighted by Gasteiger charge is -2.30. The maximum atomic E-state index is 12.4. The summed E-state index contributed by atoms with van der Waals surface area (Å²) in [5.41, 5.74) is 2.34. The molecule has 0 bridgehead atoms. The van der Waals surface area contributed by atoms with E-state index in [0.717, 1.165) is 38.0 Å². The molecule has 4 heteroatoms.